The molecule has 1 amide bonds. The van der Waals surface area contributed by atoms with Crippen molar-refractivity contribution in [2.45, 2.75) is 69.7 Å². The molecule has 11 heteroatoms. The van der Waals surface area contributed by atoms with Crippen molar-refractivity contribution in [2.24, 2.45) is 0 Å². The Hall–Kier alpha value is -3.18. The quantitative estimate of drug-likeness (QED) is 0.428. The van der Waals surface area contributed by atoms with E-state index in [1.165, 1.54) is 0 Å². The number of hydrogen-bond donors (Lipinski definition) is 3. The number of carbonyl (C=O) groups is 1. The molecular weight excluding hydrogens is 478 g/mol. The van der Waals surface area contributed by atoms with Crippen molar-refractivity contribution < 1.29 is 14.6 Å². The normalized spacial score (nSPS) is 19.6. The summed E-state index contributed by atoms with van der Waals surface area (Å²) in [6.45, 7) is 4.35. The molecule has 0 bridgehead atoms. The van der Waals surface area contributed by atoms with Crippen LogP contribution in [-0.2, 0) is 11.3 Å². The molecule has 3 aromatic heterocycles. The molecule has 190 valence electrons. The summed E-state index contributed by atoms with van der Waals surface area (Å²) in [5.74, 6) is 1.60. The minimum atomic E-state index is -0.247. The van der Waals surface area contributed by atoms with E-state index in [2.05, 4.69) is 20.3 Å². The van der Waals surface area contributed by atoms with Crippen molar-refractivity contribution in [3.63, 3.8) is 0 Å². The lowest BCUT2D eigenvalue weighted by Gasteiger charge is -2.26. The van der Waals surface area contributed by atoms with Crippen LogP contribution in [0.1, 0.15) is 54.6 Å². The van der Waals surface area contributed by atoms with E-state index in [0.717, 1.165) is 69.9 Å². The van der Waals surface area contributed by atoms with Gasteiger partial charge in [0.2, 0.25) is 11.9 Å². The van der Waals surface area contributed by atoms with E-state index in [0.29, 0.717) is 17.9 Å². The van der Waals surface area contributed by atoms with Crippen LogP contribution in [0.25, 0.3) is 17.1 Å². The molecule has 1 saturated carbocycles. The molecule has 0 aromatic carbocycles. The summed E-state index contributed by atoms with van der Waals surface area (Å²) in [6.07, 6.45) is 6.89. The van der Waals surface area contributed by atoms with Crippen LogP contribution in [0.3, 0.4) is 0 Å². The fourth-order valence-corrected chi connectivity index (χ4v) is 5.98. The van der Waals surface area contributed by atoms with Gasteiger partial charge in [-0.15, -0.1) is 11.8 Å². The number of hydrogen-bond acceptors (Lipinski definition) is 9. The second-order valence-corrected chi connectivity index (χ2v) is 10.5. The Morgan fingerprint density at radius 1 is 1.28 bits per heavy atom. The summed E-state index contributed by atoms with van der Waals surface area (Å²) in [4.78, 5) is 26.4. The minimum absolute atomic E-state index is 0.0120. The molecule has 0 saturated heterocycles. The number of aliphatic hydroxyl groups is 1. The fourth-order valence-electron chi connectivity index (χ4n) is 4.97. The molecule has 0 unspecified atom stereocenters. The number of thioether (sulfide) groups is 1. The van der Waals surface area contributed by atoms with Gasteiger partial charge < -0.3 is 20.9 Å². The number of amides is 1. The summed E-state index contributed by atoms with van der Waals surface area (Å²) >= 11 is 1.54. The van der Waals surface area contributed by atoms with Crippen LogP contribution in [0, 0.1) is 13.8 Å². The number of nitrogens with one attached hydrogen (secondary N) is 1. The molecule has 5 rings (SSSR count). The molecule has 10 nitrogen and oxygen atoms in total. The molecule has 36 heavy (non-hydrogen) atoms. The predicted molar refractivity (Wildman–Crippen MR) is 139 cm³/mol. The number of carbonyl (C=O) groups excluding carboxylic acids is 1. The first-order valence-corrected chi connectivity index (χ1v) is 13.1. The summed E-state index contributed by atoms with van der Waals surface area (Å²) < 4.78 is 7.36. The lowest BCUT2D eigenvalue weighted by molar-refractivity contribution is -0.121. The molecule has 0 radical (unpaired) electrons. The Kier molecular flexibility index (Phi) is 6.85. The Balaban J connectivity index is 1.43. The molecule has 4 N–H and O–H groups in total. The summed E-state index contributed by atoms with van der Waals surface area (Å²) in [5, 5.41) is 19.3. The summed E-state index contributed by atoms with van der Waals surface area (Å²) in [5.41, 5.74) is 11.1. The van der Waals surface area contributed by atoms with Gasteiger partial charge in [0.25, 0.3) is 0 Å². The highest BCUT2D eigenvalue weighted by Crippen LogP contribution is 2.36. The third-order valence-electron chi connectivity index (χ3n) is 6.84. The number of methoxy groups -OCH3 is 1. The molecular formula is C25H31N7O3S. The number of rotatable bonds is 6. The average Bonchev–Trinajstić information content (AvgIpc) is 3.07. The van der Waals surface area contributed by atoms with Gasteiger partial charge in [-0.05, 0) is 51.2 Å². The van der Waals surface area contributed by atoms with Crippen LogP contribution in [0.2, 0.25) is 0 Å². The minimum Gasteiger partial charge on any atom is -0.496 e. The largest absolute Gasteiger partial charge is 0.496 e. The third kappa shape index (κ3) is 4.90. The average molecular weight is 510 g/mol. The summed E-state index contributed by atoms with van der Waals surface area (Å²) in [6, 6.07) is 0.121. The summed E-state index contributed by atoms with van der Waals surface area (Å²) in [7, 11) is 1.66. The standard InChI is InChI=1S/C25H31N7O3S/c1-13-10-27-19(14(2)22(13)35-3)11-32-23-21-18(31-32)8-15(12-36-24(21)30-25(26)29-23)9-20(34)28-16-4-6-17(33)7-5-16/h8,10,16-17,33H,4-7,9,11-12H2,1-3H3,(H,28,34)(H2,26,29,30)/t16-,17-. The van der Waals surface area contributed by atoms with Crippen molar-refractivity contribution in [1.29, 1.82) is 0 Å². The van der Waals surface area contributed by atoms with Crippen LogP contribution in [0.5, 0.6) is 5.75 Å². The van der Waals surface area contributed by atoms with Gasteiger partial charge in [0.05, 0.1) is 36.5 Å². The van der Waals surface area contributed by atoms with Gasteiger partial charge in [-0.3, -0.25) is 9.78 Å². The van der Waals surface area contributed by atoms with E-state index in [-0.39, 0.29) is 30.4 Å². The zero-order valence-electron chi connectivity index (χ0n) is 20.7. The van der Waals surface area contributed by atoms with Gasteiger partial charge in [-0.25, -0.2) is 9.67 Å². The van der Waals surface area contributed by atoms with Gasteiger partial charge in [-0.1, -0.05) is 0 Å². The van der Waals surface area contributed by atoms with Gasteiger partial charge in [0.1, 0.15) is 10.8 Å². The van der Waals surface area contributed by atoms with Crippen LogP contribution < -0.4 is 15.8 Å². The van der Waals surface area contributed by atoms with Gasteiger partial charge in [-0.2, -0.15) is 10.1 Å². The van der Waals surface area contributed by atoms with Crippen molar-refractivity contribution in [3.8, 4) is 5.75 Å². The van der Waals surface area contributed by atoms with E-state index in [1.807, 2.05) is 19.9 Å². The lowest BCUT2D eigenvalue weighted by atomic mass is 9.93. The number of nitrogen functional groups attached to an aromatic ring is 1. The van der Waals surface area contributed by atoms with E-state index in [9.17, 15) is 9.90 Å². The topological polar surface area (TPSA) is 141 Å². The van der Waals surface area contributed by atoms with E-state index in [1.54, 1.807) is 29.8 Å². The van der Waals surface area contributed by atoms with E-state index >= 15 is 0 Å². The first-order chi connectivity index (χ1) is 17.3. The fraction of sp³-hybridized carbons (Fsp3) is 0.480. The number of nitrogens with two attached hydrogens (primary N) is 1. The zero-order chi connectivity index (χ0) is 25.4. The van der Waals surface area contributed by atoms with Crippen molar-refractivity contribution >= 4 is 40.7 Å². The maximum absolute atomic E-state index is 12.8. The molecule has 0 spiro atoms. The van der Waals surface area contributed by atoms with E-state index < -0.39 is 0 Å². The maximum Gasteiger partial charge on any atom is 0.224 e. The Labute approximate surface area is 213 Å². The number of aliphatic hydroxyl groups excluding tert-OH is 1. The number of pyridine rings is 1. The second kappa shape index (κ2) is 10.1. The number of ether oxygens (including phenoxy) is 1. The highest BCUT2D eigenvalue weighted by atomic mass is 32.2. The number of anilines is 1. The van der Waals surface area contributed by atoms with Crippen molar-refractivity contribution in [3.05, 3.63) is 34.3 Å². The first kappa shape index (κ1) is 24.5. The van der Waals surface area contributed by atoms with Crippen molar-refractivity contribution in [2.75, 3.05) is 18.6 Å². The Morgan fingerprint density at radius 3 is 2.81 bits per heavy atom. The smallest absolute Gasteiger partial charge is 0.224 e. The Morgan fingerprint density at radius 2 is 2.06 bits per heavy atom. The number of nitrogens with zero attached hydrogens (tertiary/aromatic N) is 5. The maximum atomic E-state index is 12.8. The molecule has 3 aromatic rings. The molecule has 0 atom stereocenters. The molecule has 2 aliphatic rings. The Bertz CT molecular complexity index is 1350. The van der Waals surface area contributed by atoms with Crippen LogP contribution in [-0.4, -0.2) is 60.8 Å². The predicted octanol–water partition coefficient (Wildman–Crippen LogP) is 2.78. The molecule has 1 aliphatic carbocycles. The van der Waals surface area contributed by atoms with Crippen LogP contribution >= 0.6 is 11.8 Å². The van der Waals surface area contributed by atoms with Gasteiger partial charge >= 0.3 is 0 Å². The van der Waals surface area contributed by atoms with E-state index in [4.69, 9.17) is 15.6 Å². The number of aromatic nitrogens is 5. The van der Waals surface area contributed by atoms with Gasteiger partial charge in [0, 0.05) is 35.5 Å². The highest BCUT2D eigenvalue weighted by molar-refractivity contribution is 7.99. The SMILES string of the molecule is COc1c(C)cnc(Cn2nc3c4c(nc(N)nc42)SCC(CC(=O)N[C@H]2CC[C@H](O)CC2)=C3)c1C. The lowest BCUT2D eigenvalue weighted by Crippen LogP contribution is -2.38. The highest BCUT2D eigenvalue weighted by Gasteiger charge is 2.24. The number of aryl methyl sites for hydroxylation is 1. The zero-order valence-corrected chi connectivity index (χ0v) is 21.6. The van der Waals surface area contributed by atoms with Crippen LogP contribution in [0.4, 0.5) is 5.95 Å². The third-order valence-corrected chi connectivity index (χ3v) is 7.92. The van der Waals surface area contributed by atoms with Crippen molar-refractivity contribution in [1.82, 2.24) is 30.0 Å². The molecule has 4 heterocycles. The monoisotopic (exact) mass is 509 g/mol. The van der Waals surface area contributed by atoms with Gasteiger partial charge in [0.15, 0.2) is 5.65 Å². The molecule has 1 aliphatic heterocycles. The molecule has 1 fully saturated rings. The second-order valence-electron chi connectivity index (χ2n) is 9.52. The van der Waals surface area contributed by atoms with Crippen LogP contribution in [0.15, 0.2) is 16.8 Å². The first-order valence-electron chi connectivity index (χ1n) is 12.1.